The van der Waals surface area contributed by atoms with Gasteiger partial charge in [0.1, 0.15) is 18.6 Å². The number of nitrogens with zero attached hydrogens (tertiary/aromatic N) is 1. The summed E-state index contributed by atoms with van der Waals surface area (Å²) in [6.07, 6.45) is -2.05. The van der Waals surface area contributed by atoms with Crippen LogP contribution in [0.2, 0.25) is 0 Å². The lowest BCUT2D eigenvalue weighted by molar-refractivity contribution is -0.139. The first-order valence-electron chi connectivity index (χ1n) is 12.3. The van der Waals surface area contributed by atoms with Crippen molar-refractivity contribution in [2.24, 2.45) is 29.4 Å². The second kappa shape index (κ2) is 9.13. The van der Waals surface area contributed by atoms with E-state index in [4.69, 9.17) is 10.5 Å². The second-order valence-electron chi connectivity index (χ2n) is 10.6. The normalized spacial score (nSPS) is 52.8. The van der Waals surface area contributed by atoms with E-state index in [-0.39, 0.29) is 60.6 Å². The number of ketones is 1. The van der Waals surface area contributed by atoms with Crippen LogP contribution in [0.3, 0.4) is 0 Å². The molecule has 182 valence electrons. The summed E-state index contributed by atoms with van der Waals surface area (Å²) in [6, 6.07) is -0.660. The van der Waals surface area contributed by atoms with E-state index in [0.717, 1.165) is 25.9 Å². The van der Waals surface area contributed by atoms with Gasteiger partial charge in [-0.1, -0.05) is 0 Å². The van der Waals surface area contributed by atoms with Gasteiger partial charge in [0.2, 0.25) is 0 Å². The zero-order valence-electron chi connectivity index (χ0n) is 19.0. The van der Waals surface area contributed by atoms with Crippen LogP contribution in [0.15, 0.2) is 0 Å². The number of hydrogen-bond acceptors (Lipinski definition) is 8. The Morgan fingerprint density at radius 2 is 2.00 bits per heavy atom. The van der Waals surface area contributed by atoms with Gasteiger partial charge in [0.25, 0.3) is 0 Å². The Morgan fingerprint density at radius 3 is 2.81 bits per heavy atom. The second-order valence-corrected chi connectivity index (χ2v) is 10.6. The topological polar surface area (TPSA) is 104 Å². The minimum Gasteiger partial charge on any atom is -0.357 e. The molecule has 5 rings (SSSR count). The molecule has 0 radical (unpaired) electrons. The van der Waals surface area contributed by atoms with Crippen LogP contribution in [-0.4, -0.2) is 86.4 Å². The maximum Gasteiger partial charge on any atom is 0.156 e. The molecular formula is C22H38F2N6O2. The van der Waals surface area contributed by atoms with Crippen molar-refractivity contribution in [2.45, 2.75) is 81.6 Å². The number of piperazine rings is 1. The molecule has 11 unspecified atom stereocenters. The Balaban J connectivity index is 1.54. The van der Waals surface area contributed by atoms with Crippen LogP contribution >= 0.6 is 0 Å². The van der Waals surface area contributed by atoms with E-state index >= 15 is 4.39 Å². The van der Waals surface area contributed by atoms with Crippen LogP contribution < -0.4 is 27.1 Å². The summed E-state index contributed by atoms with van der Waals surface area (Å²) in [6.45, 7) is 4.01. The van der Waals surface area contributed by atoms with Crippen LogP contribution in [-0.2, 0) is 9.53 Å². The highest BCUT2D eigenvalue weighted by molar-refractivity contribution is 5.87. The zero-order valence-corrected chi connectivity index (χ0v) is 19.0. The van der Waals surface area contributed by atoms with Gasteiger partial charge in [-0.25, -0.2) is 19.2 Å². The molecule has 4 heterocycles. The molecule has 4 saturated heterocycles. The van der Waals surface area contributed by atoms with Gasteiger partial charge in [-0.2, -0.15) is 0 Å². The van der Waals surface area contributed by atoms with Gasteiger partial charge < -0.3 is 15.8 Å². The quantitative estimate of drug-likeness (QED) is 0.337. The molecule has 1 aliphatic carbocycles. The number of hydrogen-bond donors (Lipinski definition) is 5. The average molecular weight is 457 g/mol. The maximum absolute atomic E-state index is 15.5. The van der Waals surface area contributed by atoms with E-state index in [1.54, 1.807) is 0 Å². The number of alkyl halides is 2. The molecular weight excluding hydrogens is 418 g/mol. The van der Waals surface area contributed by atoms with Crippen molar-refractivity contribution in [3.8, 4) is 0 Å². The predicted molar refractivity (Wildman–Crippen MR) is 116 cm³/mol. The van der Waals surface area contributed by atoms with E-state index < -0.39 is 30.7 Å². The first kappa shape index (κ1) is 23.0. The fourth-order valence-electron chi connectivity index (χ4n) is 7.00. The summed E-state index contributed by atoms with van der Waals surface area (Å²) in [7, 11) is 1.95. The third-order valence-electron chi connectivity index (χ3n) is 8.54. The van der Waals surface area contributed by atoms with Crippen molar-refractivity contribution in [1.29, 1.82) is 0 Å². The first-order valence-corrected chi connectivity index (χ1v) is 12.3. The number of nitrogens with one attached hydrogen (secondary N) is 4. The van der Waals surface area contributed by atoms with E-state index in [2.05, 4.69) is 21.4 Å². The molecule has 6 N–H and O–H groups in total. The minimum absolute atomic E-state index is 0.00201. The lowest BCUT2D eigenvalue weighted by atomic mass is 9.65. The van der Waals surface area contributed by atoms with Crippen molar-refractivity contribution < 1.29 is 18.3 Å². The molecule has 12 atom stereocenters. The van der Waals surface area contributed by atoms with Crippen LogP contribution in [0.5, 0.6) is 0 Å². The lowest BCUT2D eigenvalue weighted by Gasteiger charge is -2.49. The van der Waals surface area contributed by atoms with Crippen molar-refractivity contribution in [1.82, 2.24) is 26.4 Å². The Hall–Kier alpha value is -0.750. The molecule has 0 aromatic rings. The smallest absolute Gasteiger partial charge is 0.156 e. The van der Waals surface area contributed by atoms with Gasteiger partial charge in [-0.3, -0.25) is 15.4 Å². The molecule has 0 amide bonds. The van der Waals surface area contributed by atoms with Gasteiger partial charge in [0.05, 0.1) is 18.3 Å². The Bertz CT molecular complexity index is 703. The summed E-state index contributed by atoms with van der Waals surface area (Å²) >= 11 is 0. The number of carbonyl (C=O) groups excluding carboxylic acids is 1. The fourth-order valence-corrected chi connectivity index (χ4v) is 7.00. The first-order chi connectivity index (χ1) is 15.3. The highest BCUT2D eigenvalue weighted by Crippen LogP contribution is 2.43. The number of nitrogens with two attached hydrogens (primary N) is 1. The number of carbonyl (C=O) groups is 1. The average Bonchev–Trinajstić information content (AvgIpc) is 3.15. The third-order valence-corrected chi connectivity index (χ3v) is 8.54. The highest BCUT2D eigenvalue weighted by Gasteiger charge is 2.53. The summed E-state index contributed by atoms with van der Waals surface area (Å²) in [4.78, 5) is 13.9. The van der Waals surface area contributed by atoms with Crippen LogP contribution in [0.25, 0.3) is 0 Å². The third kappa shape index (κ3) is 4.12. The number of piperidine rings is 1. The number of Topliss-reactive ketones (excluding diaryl/α,β-unsaturated/α-hetero) is 1. The molecule has 0 spiro atoms. The zero-order chi connectivity index (χ0) is 22.6. The van der Waals surface area contributed by atoms with Crippen molar-refractivity contribution in [3.05, 3.63) is 0 Å². The van der Waals surface area contributed by atoms with Gasteiger partial charge in [0, 0.05) is 56.4 Å². The van der Waals surface area contributed by atoms with E-state index in [9.17, 15) is 9.18 Å². The van der Waals surface area contributed by atoms with Crippen molar-refractivity contribution in [2.75, 3.05) is 26.7 Å². The largest absolute Gasteiger partial charge is 0.357 e. The summed E-state index contributed by atoms with van der Waals surface area (Å²) in [5.74, 6) is -0.907. The molecule has 8 nitrogen and oxygen atoms in total. The molecule has 2 bridgehead atoms. The summed E-state index contributed by atoms with van der Waals surface area (Å²) in [5, 5.41) is 12.3. The SMILES string of the molecule is CC1OC2N[C@@H](CNC2N)C2CN(C)NC2C(=O)C2CCCNC2C2C(F)CC(F)CC12. The summed E-state index contributed by atoms with van der Waals surface area (Å²) in [5.41, 5.74) is 9.66. The molecule has 5 fully saturated rings. The Morgan fingerprint density at radius 1 is 1.19 bits per heavy atom. The van der Waals surface area contributed by atoms with E-state index in [1.807, 2.05) is 19.0 Å². The van der Waals surface area contributed by atoms with Gasteiger partial charge in [-0.05, 0) is 38.6 Å². The fraction of sp³-hybridized carbons (Fsp3) is 0.955. The number of ether oxygens (including phenoxy) is 1. The highest BCUT2D eigenvalue weighted by atomic mass is 19.1. The Labute approximate surface area is 188 Å². The predicted octanol–water partition coefficient (Wildman–Crippen LogP) is -0.348. The van der Waals surface area contributed by atoms with Gasteiger partial charge in [-0.15, -0.1) is 0 Å². The molecule has 0 aromatic heterocycles. The van der Waals surface area contributed by atoms with Crippen LogP contribution in [0.1, 0.15) is 32.6 Å². The number of fused-ring (bicyclic) bond motifs is 7. The monoisotopic (exact) mass is 456 g/mol. The Kier molecular flexibility index (Phi) is 6.56. The van der Waals surface area contributed by atoms with Gasteiger partial charge >= 0.3 is 0 Å². The summed E-state index contributed by atoms with van der Waals surface area (Å²) < 4.78 is 36.4. The van der Waals surface area contributed by atoms with E-state index in [0.29, 0.717) is 6.54 Å². The number of rotatable bonds is 0. The molecule has 5 aliphatic rings. The number of hydrazine groups is 1. The molecule has 32 heavy (non-hydrogen) atoms. The van der Waals surface area contributed by atoms with Crippen molar-refractivity contribution in [3.63, 3.8) is 0 Å². The van der Waals surface area contributed by atoms with Crippen molar-refractivity contribution >= 4 is 5.78 Å². The number of halogens is 2. The molecule has 4 aliphatic heterocycles. The van der Waals surface area contributed by atoms with Crippen LogP contribution in [0.4, 0.5) is 8.78 Å². The standard InChI is InChI=1S/C22H38F2N6O2/c1-10-13-6-11(23)7-15(24)17(13)18-12(4-3-5-26-18)20(31)19-14(9-30(2)29-19)16-8-27-21(25)22(28-16)32-10/h10-19,21-22,26-29H,3-9,25H2,1-2H3/t10?,11?,12?,13?,14?,15?,16-,17?,18?,19?,21?,22?/m0/s1. The minimum atomic E-state index is -1.31. The van der Waals surface area contributed by atoms with E-state index in [1.165, 1.54) is 0 Å². The molecule has 0 aromatic carbocycles. The lowest BCUT2D eigenvalue weighted by Crippen LogP contribution is -2.69. The van der Waals surface area contributed by atoms with Gasteiger partial charge in [0.15, 0.2) is 5.78 Å². The van der Waals surface area contributed by atoms with Crippen LogP contribution in [0, 0.1) is 23.7 Å². The molecule has 1 saturated carbocycles. The maximum atomic E-state index is 15.5. The molecule has 10 heteroatoms.